The number of aromatic amines is 1. The number of nitrogen functional groups attached to an aromatic ring is 1. The summed E-state index contributed by atoms with van der Waals surface area (Å²) in [6.45, 7) is 2.53. The molecule has 0 aliphatic rings. The van der Waals surface area contributed by atoms with Gasteiger partial charge in [0.2, 0.25) is 0 Å². The number of carbonyl (C=O) groups is 1. The molecule has 37 heavy (non-hydrogen) atoms. The number of phenols is 1. The largest absolute Gasteiger partial charge is 0.508 e. The van der Waals surface area contributed by atoms with Gasteiger partial charge in [-0.25, -0.2) is 9.78 Å². The number of carboxylic acid groups (broad SMARTS) is 1. The van der Waals surface area contributed by atoms with Crippen molar-refractivity contribution in [3.63, 3.8) is 0 Å². The second-order valence-electron chi connectivity index (χ2n) is 8.10. The summed E-state index contributed by atoms with van der Waals surface area (Å²) in [6, 6.07) is 16.6. The summed E-state index contributed by atoms with van der Waals surface area (Å²) in [5, 5.41) is 22.4. The molecule has 0 saturated heterocycles. The minimum absolute atomic E-state index is 0.0471. The third-order valence-corrected chi connectivity index (χ3v) is 5.61. The first-order valence-corrected chi connectivity index (χ1v) is 11.4. The van der Waals surface area contributed by atoms with Crippen molar-refractivity contribution >= 4 is 17.5 Å². The van der Waals surface area contributed by atoms with Gasteiger partial charge >= 0.3 is 5.97 Å². The molecular formula is C27H26N4O6. The second kappa shape index (κ2) is 10.7. The lowest BCUT2D eigenvalue weighted by atomic mass is 10.00. The molecule has 10 heteroatoms. The summed E-state index contributed by atoms with van der Waals surface area (Å²) in [7, 11) is 1.59. The number of hydrogen-bond acceptors (Lipinski definition) is 8. The van der Waals surface area contributed by atoms with Crippen molar-refractivity contribution in [2.45, 2.75) is 13.5 Å². The lowest BCUT2D eigenvalue weighted by Gasteiger charge is -2.14. The number of methoxy groups -OCH3 is 1. The van der Waals surface area contributed by atoms with Crippen LogP contribution in [0.4, 0.5) is 11.5 Å². The van der Waals surface area contributed by atoms with Gasteiger partial charge in [0.15, 0.2) is 5.82 Å². The molecule has 4 rings (SSSR count). The number of nitrogens with zero attached hydrogens (tertiary/aromatic N) is 1. The summed E-state index contributed by atoms with van der Waals surface area (Å²) < 4.78 is 11.0. The molecular weight excluding hydrogens is 476 g/mol. The summed E-state index contributed by atoms with van der Waals surface area (Å²) in [5.74, 6) is 0.283. The Morgan fingerprint density at radius 1 is 1.08 bits per heavy atom. The van der Waals surface area contributed by atoms with E-state index in [0.29, 0.717) is 35.6 Å². The Kier molecular flexibility index (Phi) is 7.28. The van der Waals surface area contributed by atoms with Gasteiger partial charge in [0.25, 0.3) is 5.56 Å². The van der Waals surface area contributed by atoms with Crippen LogP contribution >= 0.6 is 0 Å². The molecule has 0 bridgehead atoms. The minimum atomic E-state index is -1.16. The normalized spacial score (nSPS) is 10.6. The number of H-pyrrole nitrogens is 1. The lowest BCUT2D eigenvalue weighted by Crippen LogP contribution is -2.18. The second-order valence-corrected chi connectivity index (χ2v) is 8.10. The third kappa shape index (κ3) is 5.64. The van der Waals surface area contributed by atoms with Crippen LogP contribution in [-0.2, 0) is 6.54 Å². The van der Waals surface area contributed by atoms with Crippen molar-refractivity contribution in [1.29, 1.82) is 0 Å². The standard InChI is InChI=1S/C27H26N4O6/c1-3-37-22-13-16(17-10-18(27(34)35)12-19(32)11-17)6-9-21(22)24-30-25(23(28)26(33)31-24)29-14-15-4-7-20(36-2)8-5-15/h4-13,32H,3,14,28H2,1-2H3,(H,34,35)(H2,29,30,31,33). The Bertz CT molecular complexity index is 1500. The molecule has 0 atom stereocenters. The topological polar surface area (TPSA) is 160 Å². The van der Waals surface area contributed by atoms with Gasteiger partial charge in [0, 0.05) is 6.54 Å². The van der Waals surface area contributed by atoms with Crippen LogP contribution in [0, 0.1) is 0 Å². The first kappa shape index (κ1) is 25.1. The highest BCUT2D eigenvalue weighted by atomic mass is 16.5. The van der Waals surface area contributed by atoms with E-state index in [4.69, 9.17) is 15.2 Å². The van der Waals surface area contributed by atoms with Gasteiger partial charge < -0.3 is 35.7 Å². The van der Waals surface area contributed by atoms with E-state index in [1.165, 1.54) is 18.2 Å². The molecule has 0 spiro atoms. The number of ether oxygens (including phenoxy) is 2. The predicted molar refractivity (Wildman–Crippen MR) is 140 cm³/mol. The van der Waals surface area contributed by atoms with Crippen LogP contribution in [0.25, 0.3) is 22.5 Å². The number of aromatic nitrogens is 2. The van der Waals surface area contributed by atoms with E-state index < -0.39 is 11.5 Å². The smallest absolute Gasteiger partial charge is 0.335 e. The molecule has 1 aromatic heterocycles. The number of carboxylic acids is 1. The first-order valence-electron chi connectivity index (χ1n) is 11.4. The average Bonchev–Trinajstić information content (AvgIpc) is 2.89. The Balaban J connectivity index is 1.70. The molecule has 0 radical (unpaired) electrons. The molecule has 1 heterocycles. The zero-order chi connectivity index (χ0) is 26.5. The Hall–Kier alpha value is -4.99. The van der Waals surface area contributed by atoms with Crippen molar-refractivity contribution in [2.75, 3.05) is 24.8 Å². The Labute approximate surface area is 212 Å². The van der Waals surface area contributed by atoms with Crippen LogP contribution in [0.3, 0.4) is 0 Å². The number of hydrogen-bond donors (Lipinski definition) is 5. The van der Waals surface area contributed by atoms with E-state index in [1.807, 2.05) is 31.2 Å². The molecule has 6 N–H and O–H groups in total. The highest BCUT2D eigenvalue weighted by molar-refractivity contribution is 5.90. The zero-order valence-electron chi connectivity index (χ0n) is 20.2. The quantitative estimate of drug-likeness (QED) is 0.227. The van der Waals surface area contributed by atoms with Crippen molar-refractivity contribution in [1.82, 2.24) is 9.97 Å². The fourth-order valence-corrected chi connectivity index (χ4v) is 3.75. The molecule has 0 fully saturated rings. The number of aromatic carboxylic acids is 1. The maximum Gasteiger partial charge on any atom is 0.335 e. The molecule has 190 valence electrons. The first-order chi connectivity index (χ1) is 17.8. The van der Waals surface area contributed by atoms with E-state index >= 15 is 0 Å². The average molecular weight is 503 g/mol. The van der Waals surface area contributed by atoms with Crippen LogP contribution in [-0.4, -0.2) is 39.9 Å². The van der Waals surface area contributed by atoms with Gasteiger partial charge in [-0.3, -0.25) is 4.79 Å². The van der Waals surface area contributed by atoms with Gasteiger partial charge in [0.1, 0.15) is 28.8 Å². The maximum atomic E-state index is 12.6. The van der Waals surface area contributed by atoms with Crippen molar-refractivity contribution in [3.05, 3.63) is 82.1 Å². The fraction of sp³-hybridized carbons (Fsp3) is 0.148. The zero-order valence-corrected chi connectivity index (χ0v) is 20.2. The molecule has 0 aliphatic carbocycles. The summed E-state index contributed by atoms with van der Waals surface area (Å²) in [4.78, 5) is 31.3. The lowest BCUT2D eigenvalue weighted by molar-refractivity contribution is 0.0696. The third-order valence-electron chi connectivity index (χ3n) is 5.61. The Morgan fingerprint density at radius 2 is 1.84 bits per heavy atom. The summed E-state index contributed by atoms with van der Waals surface area (Å²) in [6.07, 6.45) is 0. The SMILES string of the molecule is CCOc1cc(-c2cc(O)cc(C(=O)O)c2)ccc1-c1nc(NCc2ccc(OC)cc2)c(N)c(=O)[nH]1. The monoisotopic (exact) mass is 502 g/mol. The van der Waals surface area contributed by atoms with Gasteiger partial charge in [-0.2, -0.15) is 0 Å². The highest BCUT2D eigenvalue weighted by Crippen LogP contribution is 2.35. The van der Waals surface area contributed by atoms with E-state index in [9.17, 15) is 19.8 Å². The summed E-state index contributed by atoms with van der Waals surface area (Å²) in [5.41, 5.74) is 7.95. The van der Waals surface area contributed by atoms with Crippen LogP contribution < -0.4 is 26.1 Å². The number of phenolic OH excluding ortho intramolecular Hbond substituents is 1. The number of rotatable bonds is 9. The maximum absolute atomic E-state index is 12.6. The fourth-order valence-electron chi connectivity index (χ4n) is 3.75. The number of nitrogens with one attached hydrogen (secondary N) is 2. The number of nitrogens with two attached hydrogens (primary N) is 1. The predicted octanol–water partition coefficient (Wildman–Crippen LogP) is 4.11. The molecule has 0 unspecified atom stereocenters. The van der Waals surface area contributed by atoms with Crippen LogP contribution in [0.1, 0.15) is 22.8 Å². The van der Waals surface area contributed by atoms with Crippen LogP contribution in [0.5, 0.6) is 17.2 Å². The van der Waals surface area contributed by atoms with Gasteiger partial charge in [-0.05, 0) is 66.1 Å². The van der Waals surface area contributed by atoms with Gasteiger partial charge in [0.05, 0.1) is 24.8 Å². The van der Waals surface area contributed by atoms with Crippen LogP contribution in [0.2, 0.25) is 0 Å². The minimum Gasteiger partial charge on any atom is -0.508 e. The molecule has 0 aliphatic heterocycles. The van der Waals surface area contributed by atoms with E-state index in [0.717, 1.165) is 11.3 Å². The van der Waals surface area contributed by atoms with Crippen molar-refractivity contribution in [3.8, 4) is 39.8 Å². The molecule has 0 amide bonds. The highest BCUT2D eigenvalue weighted by Gasteiger charge is 2.16. The molecule has 4 aromatic rings. The molecule has 3 aromatic carbocycles. The van der Waals surface area contributed by atoms with E-state index in [1.54, 1.807) is 25.3 Å². The van der Waals surface area contributed by atoms with Crippen molar-refractivity contribution < 1.29 is 24.5 Å². The summed E-state index contributed by atoms with van der Waals surface area (Å²) >= 11 is 0. The van der Waals surface area contributed by atoms with Crippen molar-refractivity contribution in [2.24, 2.45) is 0 Å². The van der Waals surface area contributed by atoms with E-state index in [2.05, 4.69) is 15.3 Å². The molecule has 10 nitrogen and oxygen atoms in total. The number of aromatic hydroxyl groups is 1. The van der Waals surface area contributed by atoms with E-state index in [-0.39, 0.29) is 28.6 Å². The molecule has 0 saturated carbocycles. The number of benzene rings is 3. The Morgan fingerprint density at radius 3 is 2.51 bits per heavy atom. The van der Waals surface area contributed by atoms with Crippen LogP contribution in [0.15, 0.2) is 65.5 Å². The van der Waals surface area contributed by atoms with Gasteiger partial charge in [-0.1, -0.05) is 18.2 Å². The number of anilines is 2. The van der Waals surface area contributed by atoms with Gasteiger partial charge in [-0.15, -0.1) is 0 Å².